The lowest BCUT2D eigenvalue weighted by Crippen LogP contribution is -2.30. The van der Waals surface area contributed by atoms with Crippen LogP contribution < -0.4 is 4.74 Å². The number of rotatable bonds is 6. The summed E-state index contributed by atoms with van der Waals surface area (Å²) in [5.41, 5.74) is 4.24. The van der Waals surface area contributed by atoms with Gasteiger partial charge in [-0.2, -0.15) is 5.10 Å². The third-order valence-corrected chi connectivity index (χ3v) is 5.58. The molecule has 0 N–H and O–H groups in total. The zero-order chi connectivity index (χ0) is 18.8. The van der Waals surface area contributed by atoms with Crippen molar-refractivity contribution >= 4 is 0 Å². The van der Waals surface area contributed by atoms with Crippen LogP contribution in [0.5, 0.6) is 5.75 Å². The molecule has 0 bridgehead atoms. The van der Waals surface area contributed by atoms with Gasteiger partial charge in [0, 0.05) is 30.4 Å². The predicted octanol–water partition coefficient (Wildman–Crippen LogP) is 3.60. The van der Waals surface area contributed by atoms with Gasteiger partial charge in [-0.25, -0.2) is 0 Å². The number of hydrogen-bond donors (Lipinski definition) is 0. The van der Waals surface area contributed by atoms with Gasteiger partial charge in [0.2, 0.25) is 0 Å². The van der Waals surface area contributed by atoms with E-state index in [4.69, 9.17) is 9.26 Å². The molecule has 6 heteroatoms. The summed E-state index contributed by atoms with van der Waals surface area (Å²) in [7, 11) is 3.67. The number of aromatic nitrogens is 3. The quantitative estimate of drug-likeness (QED) is 0.667. The molecule has 1 atom stereocenters. The Bertz CT molecular complexity index is 915. The van der Waals surface area contributed by atoms with Crippen molar-refractivity contribution in [3.8, 4) is 17.0 Å². The van der Waals surface area contributed by atoms with Gasteiger partial charge in [-0.05, 0) is 44.4 Å². The third kappa shape index (κ3) is 3.62. The molecule has 1 aromatic carbocycles. The normalized spacial score (nSPS) is 17.5. The zero-order valence-corrected chi connectivity index (χ0v) is 16.2. The van der Waals surface area contributed by atoms with Crippen LogP contribution in [0.15, 0.2) is 41.1 Å². The molecule has 0 aliphatic carbocycles. The van der Waals surface area contributed by atoms with Crippen LogP contribution in [-0.4, -0.2) is 39.5 Å². The van der Waals surface area contributed by atoms with E-state index in [2.05, 4.69) is 27.3 Å². The number of benzene rings is 1. The Morgan fingerprint density at radius 2 is 2.15 bits per heavy atom. The molecule has 0 spiro atoms. The van der Waals surface area contributed by atoms with Crippen LogP contribution >= 0.6 is 0 Å². The van der Waals surface area contributed by atoms with E-state index < -0.39 is 0 Å². The minimum atomic E-state index is 0.495. The summed E-state index contributed by atoms with van der Waals surface area (Å²) in [5, 5.41) is 8.56. The fraction of sp³-hybridized carbons (Fsp3) is 0.429. The summed E-state index contributed by atoms with van der Waals surface area (Å²) < 4.78 is 13.0. The Morgan fingerprint density at radius 1 is 1.30 bits per heavy atom. The van der Waals surface area contributed by atoms with Crippen molar-refractivity contribution in [1.82, 2.24) is 19.8 Å². The first-order chi connectivity index (χ1) is 13.2. The second-order valence-corrected chi connectivity index (χ2v) is 7.23. The molecule has 1 saturated heterocycles. The van der Waals surface area contributed by atoms with Crippen LogP contribution in [0.1, 0.15) is 29.9 Å². The molecule has 2 aromatic heterocycles. The lowest BCUT2D eigenvalue weighted by molar-refractivity contribution is 0.213. The van der Waals surface area contributed by atoms with Crippen molar-refractivity contribution in [3.05, 3.63) is 53.5 Å². The fourth-order valence-electron chi connectivity index (χ4n) is 3.92. The topological polar surface area (TPSA) is 56.3 Å². The van der Waals surface area contributed by atoms with E-state index in [-0.39, 0.29) is 0 Å². The summed E-state index contributed by atoms with van der Waals surface area (Å²) in [6, 6.07) is 10.8. The van der Waals surface area contributed by atoms with Crippen molar-refractivity contribution in [3.63, 3.8) is 0 Å². The largest absolute Gasteiger partial charge is 0.496 e. The average Bonchev–Trinajstić information content (AvgIpc) is 3.39. The van der Waals surface area contributed by atoms with Gasteiger partial charge in [0.25, 0.3) is 0 Å². The minimum absolute atomic E-state index is 0.495. The van der Waals surface area contributed by atoms with Crippen molar-refractivity contribution < 1.29 is 9.26 Å². The maximum atomic E-state index is 5.64. The maximum Gasteiger partial charge on any atom is 0.151 e. The number of methoxy groups -OCH3 is 1. The Morgan fingerprint density at radius 3 is 2.93 bits per heavy atom. The molecule has 6 nitrogen and oxygen atoms in total. The highest BCUT2D eigenvalue weighted by atomic mass is 16.5. The predicted molar refractivity (Wildman–Crippen MR) is 104 cm³/mol. The second kappa shape index (κ2) is 7.56. The van der Waals surface area contributed by atoms with E-state index >= 15 is 0 Å². The highest BCUT2D eigenvalue weighted by molar-refractivity contribution is 5.60. The summed E-state index contributed by atoms with van der Waals surface area (Å²) >= 11 is 0. The van der Waals surface area contributed by atoms with Gasteiger partial charge >= 0.3 is 0 Å². The van der Waals surface area contributed by atoms with Crippen LogP contribution in [0.3, 0.4) is 0 Å². The minimum Gasteiger partial charge on any atom is -0.496 e. The molecule has 4 rings (SSSR count). The first kappa shape index (κ1) is 17.8. The van der Waals surface area contributed by atoms with Crippen LogP contribution in [0.25, 0.3) is 11.3 Å². The molecule has 3 aromatic rings. The molecule has 3 heterocycles. The molecule has 1 fully saturated rings. The summed E-state index contributed by atoms with van der Waals surface area (Å²) in [4.78, 5) is 2.49. The smallest absolute Gasteiger partial charge is 0.151 e. The SMILES string of the molecule is COc1ccccc1C[C@H]1CCCN1Cc1cc(-c2cnn(C)c2C)no1. The molecule has 0 unspecified atom stereocenters. The highest BCUT2D eigenvalue weighted by Crippen LogP contribution is 2.28. The molecule has 1 aliphatic heterocycles. The summed E-state index contributed by atoms with van der Waals surface area (Å²) in [6.07, 6.45) is 5.24. The van der Waals surface area contributed by atoms with Gasteiger partial charge in [0.05, 0.1) is 19.9 Å². The van der Waals surface area contributed by atoms with Gasteiger partial charge in [-0.1, -0.05) is 23.4 Å². The molecule has 0 radical (unpaired) electrons. The number of nitrogens with zero attached hydrogens (tertiary/aromatic N) is 4. The van der Waals surface area contributed by atoms with Gasteiger partial charge < -0.3 is 9.26 Å². The van der Waals surface area contributed by atoms with E-state index in [9.17, 15) is 0 Å². The Balaban J connectivity index is 1.47. The maximum absolute atomic E-state index is 5.64. The van der Waals surface area contributed by atoms with Gasteiger partial charge in [0.1, 0.15) is 11.4 Å². The summed E-state index contributed by atoms with van der Waals surface area (Å²) in [6.45, 7) is 3.91. The van der Waals surface area contributed by atoms with E-state index in [1.54, 1.807) is 7.11 Å². The van der Waals surface area contributed by atoms with E-state index in [0.29, 0.717) is 6.04 Å². The molecular weight excluding hydrogens is 340 g/mol. The lowest BCUT2D eigenvalue weighted by atomic mass is 10.0. The van der Waals surface area contributed by atoms with E-state index in [0.717, 1.165) is 48.0 Å². The average molecular weight is 366 g/mol. The van der Waals surface area contributed by atoms with Crippen LogP contribution in [-0.2, 0) is 20.0 Å². The number of likely N-dealkylation sites (tertiary alicyclic amines) is 1. The number of ether oxygens (including phenoxy) is 1. The number of para-hydroxylation sites is 1. The van der Waals surface area contributed by atoms with Gasteiger partial charge in [-0.3, -0.25) is 9.58 Å². The first-order valence-corrected chi connectivity index (χ1v) is 9.46. The van der Waals surface area contributed by atoms with Crippen molar-refractivity contribution in [2.45, 2.75) is 38.8 Å². The number of aryl methyl sites for hydroxylation is 1. The number of hydrogen-bond acceptors (Lipinski definition) is 5. The van der Waals surface area contributed by atoms with Crippen LogP contribution in [0.4, 0.5) is 0 Å². The molecule has 142 valence electrons. The van der Waals surface area contributed by atoms with E-state index in [1.807, 2.05) is 43.0 Å². The van der Waals surface area contributed by atoms with Crippen molar-refractivity contribution in [2.75, 3.05) is 13.7 Å². The van der Waals surface area contributed by atoms with E-state index in [1.165, 1.54) is 18.4 Å². The van der Waals surface area contributed by atoms with Crippen LogP contribution in [0, 0.1) is 6.92 Å². The monoisotopic (exact) mass is 366 g/mol. The van der Waals surface area contributed by atoms with Gasteiger partial charge in [-0.15, -0.1) is 0 Å². The summed E-state index contributed by atoms with van der Waals surface area (Å²) in [5.74, 6) is 1.87. The second-order valence-electron chi connectivity index (χ2n) is 7.23. The Hall–Kier alpha value is -2.60. The first-order valence-electron chi connectivity index (χ1n) is 9.46. The van der Waals surface area contributed by atoms with Crippen molar-refractivity contribution in [2.24, 2.45) is 7.05 Å². The van der Waals surface area contributed by atoms with Gasteiger partial charge in [0.15, 0.2) is 5.76 Å². The molecule has 27 heavy (non-hydrogen) atoms. The Kier molecular flexibility index (Phi) is 4.99. The Labute approximate surface area is 159 Å². The van der Waals surface area contributed by atoms with Crippen molar-refractivity contribution in [1.29, 1.82) is 0 Å². The molecule has 1 aliphatic rings. The highest BCUT2D eigenvalue weighted by Gasteiger charge is 2.27. The third-order valence-electron chi connectivity index (χ3n) is 5.58. The molecule has 0 amide bonds. The molecular formula is C21H26N4O2. The van der Waals surface area contributed by atoms with Crippen LogP contribution in [0.2, 0.25) is 0 Å². The zero-order valence-electron chi connectivity index (χ0n) is 16.2. The fourth-order valence-corrected chi connectivity index (χ4v) is 3.92. The standard InChI is InChI=1S/C21H26N4O2/c1-15-19(13-22-24(15)2)20-12-18(27-23-20)14-25-10-6-8-17(25)11-16-7-4-5-9-21(16)26-3/h4-5,7,9,12-13,17H,6,8,10-11,14H2,1-3H3/t17-/m1/s1. The lowest BCUT2D eigenvalue weighted by Gasteiger charge is -2.24. The molecule has 0 saturated carbocycles.